The summed E-state index contributed by atoms with van der Waals surface area (Å²) in [5, 5.41) is 2.50. The summed E-state index contributed by atoms with van der Waals surface area (Å²) >= 11 is 0.781. The quantitative estimate of drug-likeness (QED) is 0.540. The Hall–Kier alpha value is -0.860. The van der Waals surface area contributed by atoms with Crippen LogP contribution in [0.15, 0.2) is 46.2 Å². The van der Waals surface area contributed by atoms with Crippen molar-refractivity contribution >= 4 is 40.9 Å². The van der Waals surface area contributed by atoms with Crippen LogP contribution in [0.5, 0.6) is 0 Å². The van der Waals surface area contributed by atoms with Crippen LogP contribution in [-0.2, 0) is 17.2 Å². The zero-order chi connectivity index (χ0) is 13.8. The number of aromatic amines is 1. The van der Waals surface area contributed by atoms with Gasteiger partial charge in [-0.1, -0.05) is 0 Å². The molecule has 1 aromatic carbocycles. The summed E-state index contributed by atoms with van der Waals surface area (Å²) in [6, 6.07) is 7.75. The van der Waals surface area contributed by atoms with Gasteiger partial charge in [0.2, 0.25) is 0 Å². The molecule has 1 heterocycles. The van der Waals surface area contributed by atoms with Crippen molar-refractivity contribution in [2.24, 2.45) is 7.05 Å². The van der Waals surface area contributed by atoms with Crippen LogP contribution in [0.4, 0.5) is 0 Å². The number of aryl methyl sites for hydroxylation is 1. The molecule has 0 aliphatic heterocycles. The average molecular weight is 278 g/mol. The molecule has 2 N–H and O–H groups in total. The summed E-state index contributed by atoms with van der Waals surface area (Å²) < 4.78 is 32.3. The van der Waals surface area contributed by atoms with Crippen LogP contribution in [0.1, 0.15) is 0 Å². The van der Waals surface area contributed by atoms with Crippen LogP contribution < -0.4 is 8.37 Å². The van der Waals surface area contributed by atoms with E-state index in [-0.39, 0.29) is 10.5 Å². The van der Waals surface area contributed by atoms with Gasteiger partial charge >= 0.3 is 83.0 Å². The molecular weight excluding hydrogens is 267 g/mol. The van der Waals surface area contributed by atoms with Gasteiger partial charge in [0, 0.05) is 19.3 Å². The minimum absolute atomic E-state index is 0.0231. The first-order chi connectivity index (χ1) is 8.29. The number of rotatable bonds is 1. The van der Waals surface area contributed by atoms with Gasteiger partial charge in [0.15, 0.2) is 0 Å². The molecule has 92 valence electrons. The number of nitrogens with zero attached hydrogens (tertiary/aromatic N) is 1. The molecule has 0 amide bonds. The minimum atomic E-state index is -4.00. The van der Waals surface area contributed by atoms with Gasteiger partial charge in [-0.15, -0.1) is 0 Å². The Morgan fingerprint density at radius 1 is 1.33 bits per heavy atom. The summed E-state index contributed by atoms with van der Waals surface area (Å²) in [4.78, 5) is 10.2. The van der Waals surface area contributed by atoms with E-state index in [1.54, 1.807) is 24.0 Å². The van der Waals surface area contributed by atoms with E-state index in [4.69, 9.17) is 4.55 Å². The van der Waals surface area contributed by atoms with E-state index >= 15 is 0 Å². The standard InChI is InChI=1S/C6H5O3S.C4H6N2O.Na/c7-10(8,9)6-4-2-1-3-5-6;1-6-3-2-4(7)5-6;/h1-2,4-5H,(H,7,8,9);2-3H,1H3,(H,5,7);. The Kier molecular flexibility index (Phi) is 5.36. The van der Waals surface area contributed by atoms with Crippen molar-refractivity contribution in [3.63, 3.8) is 0 Å². The van der Waals surface area contributed by atoms with Gasteiger partial charge in [0.05, 0.1) is 0 Å². The zero-order valence-corrected chi connectivity index (χ0v) is 12.8. The normalized spacial score (nSPS) is 10.7. The molecule has 0 aliphatic rings. The molecule has 1 aromatic heterocycles. The topological polar surface area (TPSA) is 92.2 Å². The second-order valence-electron chi connectivity index (χ2n) is 3.69. The van der Waals surface area contributed by atoms with Crippen molar-refractivity contribution in [1.29, 1.82) is 0 Å². The molecule has 0 unspecified atom stereocenters. The summed E-state index contributed by atoms with van der Waals surface area (Å²) in [7, 11) is -2.24. The monoisotopic (exact) mass is 278 g/mol. The van der Waals surface area contributed by atoms with Crippen molar-refractivity contribution in [1.82, 2.24) is 9.78 Å². The van der Waals surface area contributed by atoms with Crippen molar-refractivity contribution in [3.05, 3.63) is 46.9 Å². The molecule has 0 aliphatic carbocycles. The van der Waals surface area contributed by atoms with Crippen LogP contribution in [0.25, 0.3) is 0 Å². The third-order valence-electron chi connectivity index (χ3n) is 2.02. The molecule has 0 spiro atoms. The van der Waals surface area contributed by atoms with Gasteiger partial charge in [0.25, 0.3) is 5.56 Å². The van der Waals surface area contributed by atoms with E-state index in [9.17, 15) is 13.2 Å². The Bertz CT molecular complexity index is 675. The number of hydrogen-bond donors (Lipinski definition) is 2. The molecular formula is C10H11N2NaO4S. The number of aromatic nitrogens is 2. The van der Waals surface area contributed by atoms with Gasteiger partial charge in [-0.3, -0.25) is 14.6 Å². The van der Waals surface area contributed by atoms with Crippen LogP contribution >= 0.6 is 0 Å². The summed E-state index contributed by atoms with van der Waals surface area (Å²) in [5.41, 5.74) is -0.0532. The van der Waals surface area contributed by atoms with Gasteiger partial charge < -0.3 is 0 Å². The maximum atomic E-state index is 10.6. The fraction of sp³-hybridized carbons (Fsp3) is 0.100. The van der Waals surface area contributed by atoms with Gasteiger partial charge in [-0.25, -0.2) is 0 Å². The molecule has 2 rings (SSSR count). The van der Waals surface area contributed by atoms with E-state index in [1.807, 2.05) is 6.07 Å². The number of hydrogen-bond acceptors (Lipinski definition) is 3. The SMILES string of the molecule is Cn1ccc(=O)[nH]1.O=S(=O)(O)c1ccc[c]([Na])c1. The molecule has 8 heteroatoms. The van der Waals surface area contributed by atoms with Crippen LogP contribution in [0.3, 0.4) is 0 Å². The van der Waals surface area contributed by atoms with Crippen molar-refractivity contribution in [2.75, 3.05) is 0 Å². The molecule has 0 fully saturated rings. The van der Waals surface area contributed by atoms with Crippen LogP contribution in [0.2, 0.25) is 0 Å². The van der Waals surface area contributed by atoms with E-state index in [0.717, 1.165) is 30.7 Å². The summed E-state index contributed by atoms with van der Waals surface area (Å²) in [6.07, 6.45) is 1.67. The first kappa shape index (κ1) is 15.2. The Balaban J connectivity index is 0.000000199. The van der Waals surface area contributed by atoms with E-state index in [2.05, 4.69) is 5.10 Å². The average Bonchev–Trinajstić information content (AvgIpc) is 2.62. The summed E-state index contributed by atoms with van der Waals surface area (Å²) in [5.74, 6) is 0. The number of benzene rings is 1. The van der Waals surface area contributed by atoms with Gasteiger partial charge in [0.1, 0.15) is 0 Å². The molecule has 0 radical (unpaired) electrons. The predicted molar refractivity (Wildman–Crippen MR) is 67.7 cm³/mol. The van der Waals surface area contributed by atoms with Crippen LogP contribution in [-0.4, -0.2) is 50.7 Å². The molecule has 0 bridgehead atoms. The second-order valence-corrected chi connectivity index (χ2v) is 6.27. The molecule has 18 heavy (non-hydrogen) atoms. The Morgan fingerprint density at radius 2 is 2.00 bits per heavy atom. The Morgan fingerprint density at radius 3 is 2.28 bits per heavy atom. The molecule has 0 saturated heterocycles. The number of H-pyrrole nitrogens is 1. The first-order valence-corrected chi connectivity index (χ1v) is 7.49. The van der Waals surface area contributed by atoms with Gasteiger partial charge in [-0.2, -0.15) is 0 Å². The van der Waals surface area contributed by atoms with E-state index in [0.29, 0.717) is 0 Å². The van der Waals surface area contributed by atoms with Gasteiger partial charge in [-0.05, 0) is 0 Å². The second kappa shape index (κ2) is 6.35. The predicted octanol–water partition coefficient (Wildman–Crippen LogP) is -0.559. The third kappa shape index (κ3) is 5.19. The summed E-state index contributed by atoms with van der Waals surface area (Å²) in [6.45, 7) is 0. The zero-order valence-electron chi connectivity index (χ0n) is 9.99. The number of nitrogens with one attached hydrogen (secondary N) is 1. The third-order valence-corrected chi connectivity index (χ3v) is 3.50. The first-order valence-electron chi connectivity index (χ1n) is 5.05. The molecule has 0 saturated carbocycles. The Labute approximate surface area is 122 Å². The van der Waals surface area contributed by atoms with Crippen molar-refractivity contribution in [2.45, 2.75) is 4.90 Å². The fourth-order valence-electron chi connectivity index (χ4n) is 1.20. The van der Waals surface area contributed by atoms with Crippen LogP contribution in [0, 0.1) is 0 Å². The van der Waals surface area contributed by atoms with E-state index < -0.39 is 10.1 Å². The molecule has 2 aromatic rings. The maximum absolute atomic E-state index is 10.6. The fourth-order valence-corrected chi connectivity index (χ4v) is 2.50. The van der Waals surface area contributed by atoms with Crippen molar-refractivity contribution in [3.8, 4) is 0 Å². The molecule has 0 atom stereocenters. The van der Waals surface area contributed by atoms with E-state index in [1.165, 1.54) is 18.2 Å². The van der Waals surface area contributed by atoms with Crippen molar-refractivity contribution < 1.29 is 13.0 Å². The molecule has 6 nitrogen and oxygen atoms in total.